The number of hydrogen-bond donors (Lipinski definition) is 0. The first-order chi connectivity index (χ1) is 14.5. The van der Waals surface area contributed by atoms with E-state index in [0.29, 0.717) is 35.3 Å². The van der Waals surface area contributed by atoms with E-state index in [0.717, 1.165) is 35.4 Å². The molecule has 30 heavy (non-hydrogen) atoms. The molecule has 5 rings (SSSR count). The van der Waals surface area contributed by atoms with Crippen molar-refractivity contribution in [3.8, 4) is 22.6 Å². The van der Waals surface area contributed by atoms with Crippen molar-refractivity contribution in [3.05, 3.63) is 89.4 Å². The highest BCUT2D eigenvalue weighted by Gasteiger charge is 2.32. The van der Waals surface area contributed by atoms with Crippen LogP contribution in [0, 0.1) is 0 Å². The number of fused-ring (bicyclic) bond motifs is 3. The van der Waals surface area contributed by atoms with Crippen molar-refractivity contribution in [2.24, 2.45) is 0 Å². The minimum Gasteiger partial charge on any atom is -0.319 e. The molecule has 0 fully saturated rings. The van der Waals surface area contributed by atoms with Crippen LogP contribution in [0.25, 0.3) is 22.6 Å². The van der Waals surface area contributed by atoms with Gasteiger partial charge in [-0.25, -0.2) is 4.68 Å². The number of alkyl halides is 3. The molecule has 4 nitrogen and oxygen atoms in total. The highest BCUT2D eigenvalue weighted by molar-refractivity contribution is 5.90. The van der Waals surface area contributed by atoms with Crippen LogP contribution in [0.1, 0.15) is 27.2 Å². The molecule has 0 saturated heterocycles. The Hall–Kier alpha value is -3.61. The van der Waals surface area contributed by atoms with Gasteiger partial charge in [-0.15, -0.1) is 0 Å². The summed E-state index contributed by atoms with van der Waals surface area (Å²) in [4.78, 5) is 11.8. The van der Waals surface area contributed by atoms with E-state index in [1.807, 2.05) is 36.5 Å². The second-order valence-corrected chi connectivity index (χ2v) is 7.23. The third-order valence-corrected chi connectivity index (χ3v) is 5.39. The molecule has 2 aromatic carbocycles. The maximum absolute atomic E-state index is 13.2. The van der Waals surface area contributed by atoms with E-state index in [1.54, 1.807) is 21.5 Å². The molecule has 150 valence electrons. The second-order valence-electron chi connectivity index (χ2n) is 7.23. The zero-order valence-corrected chi connectivity index (χ0v) is 15.7. The van der Waals surface area contributed by atoms with Gasteiger partial charge >= 0.3 is 6.18 Å². The average molecular weight is 407 g/mol. The van der Waals surface area contributed by atoms with Gasteiger partial charge in [-0.2, -0.15) is 18.3 Å². The summed E-state index contributed by atoms with van der Waals surface area (Å²) < 4.78 is 43.0. The summed E-state index contributed by atoms with van der Waals surface area (Å²) in [5.74, 6) is 0. The molecule has 1 aliphatic carbocycles. The van der Waals surface area contributed by atoms with Gasteiger partial charge < -0.3 is 4.57 Å². The molecule has 0 N–H and O–H groups in total. The Kier molecular flexibility index (Phi) is 4.13. The monoisotopic (exact) mass is 407 g/mol. The molecule has 0 atom stereocenters. The first-order valence-electron chi connectivity index (χ1n) is 9.47. The number of rotatable bonds is 3. The molecule has 0 aliphatic heterocycles. The predicted octanol–water partition coefficient (Wildman–Crippen LogP) is 5.26. The van der Waals surface area contributed by atoms with Gasteiger partial charge in [-0.1, -0.05) is 24.3 Å². The number of aryl methyl sites for hydroxylation is 1. The average Bonchev–Trinajstić information content (AvgIpc) is 3.35. The minimum atomic E-state index is -4.43. The molecule has 0 radical (unpaired) electrons. The maximum atomic E-state index is 13.2. The molecule has 0 amide bonds. The molecule has 0 saturated carbocycles. The summed E-state index contributed by atoms with van der Waals surface area (Å²) in [6.07, 6.45) is 1.15. The number of para-hydroxylation sites is 1. The van der Waals surface area contributed by atoms with Crippen molar-refractivity contribution in [2.75, 3.05) is 0 Å². The molecular formula is C23H16F3N3O. The molecule has 7 heteroatoms. The lowest BCUT2D eigenvalue weighted by atomic mass is 9.93. The molecule has 1 aliphatic rings. The van der Waals surface area contributed by atoms with Crippen LogP contribution in [0.2, 0.25) is 0 Å². The van der Waals surface area contributed by atoms with Crippen LogP contribution in [0.4, 0.5) is 13.2 Å². The first-order valence-corrected chi connectivity index (χ1v) is 9.47. The second kappa shape index (κ2) is 6.73. The normalized spacial score (nSPS) is 13.0. The number of aromatic nitrogens is 3. The highest BCUT2D eigenvalue weighted by atomic mass is 19.4. The molecule has 4 aromatic rings. The molecule has 2 aromatic heterocycles. The molecule has 0 bridgehead atoms. The highest BCUT2D eigenvalue weighted by Crippen LogP contribution is 2.38. The Morgan fingerprint density at radius 3 is 2.43 bits per heavy atom. The third-order valence-electron chi connectivity index (χ3n) is 5.39. The summed E-state index contributed by atoms with van der Waals surface area (Å²) in [6.45, 7) is 0. The lowest BCUT2D eigenvalue weighted by molar-refractivity contribution is -0.137. The van der Waals surface area contributed by atoms with E-state index in [4.69, 9.17) is 5.10 Å². The molecular weight excluding hydrogens is 391 g/mol. The van der Waals surface area contributed by atoms with E-state index in [-0.39, 0.29) is 0 Å². The summed E-state index contributed by atoms with van der Waals surface area (Å²) in [5.41, 5.74) is 4.17. The van der Waals surface area contributed by atoms with Crippen LogP contribution < -0.4 is 0 Å². The standard InChI is InChI=1S/C23H16F3N3O/c24-23(25,26)17-5-4-8-19(11-17)28-12-16(14-30)21-20(28)10-9-15-13-29(27-22(15)21)18-6-2-1-3-7-18/h1-8,11-14H,9-10H2. The quantitative estimate of drug-likeness (QED) is 0.435. The predicted molar refractivity (Wildman–Crippen MR) is 106 cm³/mol. The number of carbonyl (C=O) groups excluding carboxylic acids is 1. The number of nitrogens with zero attached hydrogens (tertiary/aromatic N) is 3. The first kappa shape index (κ1) is 18.4. The van der Waals surface area contributed by atoms with E-state index >= 15 is 0 Å². The smallest absolute Gasteiger partial charge is 0.319 e. The zero-order valence-electron chi connectivity index (χ0n) is 15.7. The van der Waals surface area contributed by atoms with Gasteiger partial charge in [0.1, 0.15) is 0 Å². The summed E-state index contributed by atoms with van der Waals surface area (Å²) in [5, 5.41) is 4.70. The lowest BCUT2D eigenvalue weighted by Gasteiger charge is -2.16. The van der Waals surface area contributed by atoms with Gasteiger partial charge in [0.15, 0.2) is 6.29 Å². The van der Waals surface area contributed by atoms with Crippen molar-refractivity contribution in [1.29, 1.82) is 0 Å². The number of aldehydes is 1. The van der Waals surface area contributed by atoms with Gasteiger partial charge in [-0.3, -0.25) is 4.79 Å². The van der Waals surface area contributed by atoms with Gasteiger partial charge in [-0.05, 0) is 48.7 Å². The van der Waals surface area contributed by atoms with E-state index < -0.39 is 11.7 Å². The van der Waals surface area contributed by atoms with Crippen molar-refractivity contribution in [2.45, 2.75) is 19.0 Å². The van der Waals surface area contributed by atoms with Crippen molar-refractivity contribution in [1.82, 2.24) is 14.3 Å². The van der Waals surface area contributed by atoms with Crippen molar-refractivity contribution in [3.63, 3.8) is 0 Å². The van der Waals surface area contributed by atoms with Crippen LogP contribution in [-0.4, -0.2) is 20.6 Å². The summed E-state index contributed by atoms with van der Waals surface area (Å²) in [7, 11) is 0. The number of benzene rings is 2. The topological polar surface area (TPSA) is 39.8 Å². The Balaban J connectivity index is 1.66. The largest absolute Gasteiger partial charge is 0.416 e. The zero-order chi connectivity index (χ0) is 20.9. The van der Waals surface area contributed by atoms with Crippen molar-refractivity contribution >= 4 is 6.29 Å². The van der Waals surface area contributed by atoms with Crippen LogP contribution in [0.15, 0.2) is 67.0 Å². The van der Waals surface area contributed by atoms with Gasteiger partial charge in [0, 0.05) is 34.9 Å². The molecule has 2 heterocycles. The number of carbonyl (C=O) groups is 1. The van der Waals surface area contributed by atoms with Gasteiger partial charge in [0.25, 0.3) is 0 Å². The fourth-order valence-corrected chi connectivity index (χ4v) is 4.01. The van der Waals surface area contributed by atoms with E-state index in [9.17, 15) is 18.0 Å². The van der Waals surface area contributed by atoms with Gasteiger partial charge in [0.05, 0.1) is 16.9 Å². The fourth-order valence-electron chi connectivity index (χ4n) is 4.01. The summed E-state index contributed by atoms with van der Waals surface area (Å²) >= 11 is 0. The van der Waals surface area contributed by atoms with E-state index in [2.05, 4.69) is 0 Å². The number of halogens is 3. The number of hydrogen-bond acceptors (Lipinski definition) is 2. The van der Waals surface area contributed by atoms with Crippen LogP contribution in [0.3, 0.4) is 0 Å². The maximum Gasteiger partial charge on any atom is 0.416 e. The molecule has 0 spiro atoms. The van der Waals surface area contributed by atoms with E-state index in [1.165, 1.54) is 6.07 Å². The Morgan fingerprint density at radius 1 is 0.933 bits per heavy atom. The Bertz CT molecular complexity index is 1250. The molecule has 0 unspecified atom stereocenters. The van der Waals surface area contributed by atoms with Gasteiger partial charge in [0.2, 0.25) is 0 Å². The minimum absolute atomic E-state index is 0.375. The Morgan fingerprint density at radius 2 is 1.70 bits per heavy atom. The third kappa shape index (κ3) is 2.94. The fraction of sp³-hybridized carbons (Fsp3) is 0.130. The Labute approximate surface area is 170 Å². The lowest BCUT2D eigenvalue weighted by Crippen LogP contribution is -2.09. The van der Waals surface area contributed by atoms with Crippen LogP contribution >= 0.6 is 0 Å². The summed E-state index contributed by atoms with van der Waals surface area (Å²) in [6, 6.07) is 14.8. The van der Waals surface area contributed by atoms with Crippen molar-refractivity contribution < 1.29 is 18.0 Å². The van der Waals surface area contributed by atoms with Crippen LogP contribution in [0.5, 0.6) is 0 Å². The SMILES string of the molecule is O=Cc1cn(-c2cccc(C(F)(F)F)c2)c2c1-c1nn(-c3ccccc3)cc1CC2. The van der Waals surface area contributed by atoms with Crippen LogP contribution in [-0.2, 0) is 19.0 Å².